The van der Waals surface area contributed by atoms with E-state index in [1.807, 2.05) is 24.3 Å². The minimum Gasteiger partial charge on any atom is -0.493 e. The van der Waals surface area contributed by atoms with Crippen LogP contribution >= 0.6 is 0 Å². The van der Waals surface area contributed by atoms with Crippen LogP contribution in [0.4, 0.5) is 5.69 Å². The quantitative estimate of drug-likeness (QED) is 0.651. The fraction of sp³-hybridized carbons (Fsp3) is 0.100. The van der Waals surface area contributed by atoms with Crippen molar-refractivity contribution >= 4 is 17.4 Å². The second-order valence-electron chi connectivity index (χ2n) is 5.57. The van der Waals surface area contributed by atoms with Crippen LogP contribution in [-0.2, 0) is 0 Å². The molecule has 0 aliphatic heterocycles. The Bertz CT molecular complexity index is 929. The third-order valence-electron chi connectivity index (χ3n) is 3.72. The minimum atomic E-state index is -0.323. The average molecular weight is 350 g/mol. The Balaban J connectivity index is 1.67. The number of aromatic nitrogens is 1. The first-order chi connectivity index (χ1) is 12.6. The van der Waals surface area contributed by atoms with Gasteiger partial charge in [-0.1, -0.05) is 12.1 Å². The zero-order valence-corrected chi connectivity index (χ0v) is 14.4. The number of Topliss-reactive ketones (excluding diaryl/α,β-unsaturated/α-hetero) is 1. The molecule has 1 amide bonds. The molecule has 0 spiro atoms. The van der Waals surface area contributed by atoms with Crippen LogP contribution in [0.25, 0.3) is 0 Å². The molecule has 6 nitrogen and oxygen atoms in total. The van der Waals surface area contributed by atoms with Crippen LogP contribution in [-0.4, -0.2) is 23.8 Å². The topological polar surface area (TPSA) is 80.4 Å². The number of ketones is 1. The van der Waals surface area contributed by atoms with Gasteiger partial charge in [-0.05, 0) is 48.5 Å². The molecule has 0 bridgehead atoms. The molecule has 3 rings (SSSR count). The van der Waals surface area contributed by atoms with Crippen molar-refractivity contribution in [1.82, 2.24) is 4.98 Å². The molecule has 0 aliphatic carbocycles. The van der Waals surface area contributed by atoms with Crippen LogP contribution in [0.2, 0.25) is 0 Å². The van der Waals surface area contributed by atoms with Crippen LogP contribution in [0.3, 0.4) is 0 Å². The predicted octanol–water partition coefficient (Wildman–Crippen LogP) is 4.27. The van der Waals surface area contributed by atoms with Gasteiger partial charge in [0.1, 0.15) is 11.4 Å². The van der Waals surface area contributed by atoms with E-state index >= 15 is 0 Å². The fourth-order valence-corrected chi connectivity index (χ4v) is 2.37. The van der Waals surface area contributed by atoms with Gasteiger partial charge >= 0.3 is 0 Å². The molecule has 0 saturated heterocycles. The number of carbonyl (C=O) groups excluding carboxylic acids is 2. The zero-order chi connectivity index (χ0) is 18.5. The second kappa shape index (κ2) is 7.57. The van der Waals surface area contributed by atoms with Crippen LogP contribution in [0.1, 0.15) is 27.9 Å². The van der Waals surface area contributed by atoms with Gasteiger partial charge in [-0.3, -0.25) is 9.59 Å². The maximum atomic E-state index is 12.2. The van der Waals surface area contributed by atoms with E-state index < -0.39 is 0 Å². The molecule has 1 aromatic heterocycles. The number of amides is 1. The molecule has 26 heavy (non-hydrogen) atoms. The average Bonchev–Trinajstić information content (AvgIpc) is 3.14. The molecule has 3 aromatic rings. The van der Waals surface area contributed by atoms with E-state index in [1.165, 1.54) is 6.92 Å². The molecule has 0 saturated carbocycles. The number of hydrogen-bond donors (Lipinski definition) is 2. The Morgan fingerprint density at radius 1 is 0.885 bits per heavy atom. The number of methoxy groups -OCH3 is 1. The van der Waals surface area contributed by atoms with Crippen molar-refractivity contribution in [3.05, 3.63) is 72.1 Å². The Kier molecular flexibility index (Phi) is 5.03. The van der Waals surface area contributed by atoms with Crippen molar-refractivity contribution in [2.24, 2.45) is 0 Å². The third kappa shape index (κ3) is 3.92. The standard InChI is InChI=1S/C20H18N2O4/c1-13(23)16-11-12-17(22-16)20(24)21-14-7-9-15(10-8-14)26-19-6-4-3-5-18(19)25-2/h3-12,22H,1-2H3,(H,21,24). The lowest BCUT2D eigenvalue weighted by Gasteiger charge is -2.10. The maximum Gasteiger partial charge on any atom is 0.272 e. The Hall–Kier alpha value is -3.54. The van der Waals surface area contributed by atoms with Crippen molar-refractivity contribution in [3.8, 4) is 17.2 Å². The van der Waals surface area contributed by atoms with Gasteiger partial charge in [0.2, 0.25) is 0 Å². The smallest absolute Gasteiger partial charge is 0.272 e. The molecule has 0 radical (unpaired) electrons. The summed E-state index contributed by atoms with van der Waals surface area (Å²) in [7, 11) is 1.58. The molecular weight excluding hydrogens is 332 g/mol. The van der Waals surface area contributed by atoms with Gasteiger partial charge in [0, 0.05) is 12.6 Å². The summed E-state index contributed by atoms with van der Waals surface area (Å²) in [6.45, 7) is 1.44. The van der Waals surface area contributed by atoms with E-state index in [0.717, 1.165) is 0 Å². The van der Waals surface area contributed by atoms with E-state index in [9.17, 15) is 9.59 Å². The van der Waals surface area contributed by atoms with Crippen molar-refractivity contribution < 1.29 is 19.1 Å². The molecular formula is C20H18N2O4. The number of benzene rings is 2. The highest BCUT2D eigenvalue weighted by atomic mass is 16.5. The first-order valence-corrected chi connectivity index (χ1v) is 7.99. The molecule has 0 fully saturated rings. The summed E-state index contributed by atoms with van der Waals surface area (Å²) < 4.78 is 11.0. The molecule has 1 heterocycles. The zero-order valence-electron chi connectivity index (χ0n) is 14.4. The molecule has 0 atom stereocenters. The minimum absolute atomic E-state index is 0.123. The van der Waals surface area contributed by atoms with Crippen LogP contribution < -0.4 is 14.8 Å². The van der Waals surface area contributed by atoms with Crippen LogP contribution in [0, 0.1) is 0 Å². The van der Waals surface area contributed by atoms with Crippen LogP contribution in [0.5, 0.6) is 17.2 Å². The van der Waals surface area contributed by atoms with Gasteiger partial charge in [0.15, 0.2) is 17.3 Å². The predicted molar refractivity (Wildman–Crippen MR) is 98.3 cm³/mol. The lowest BCUT2D eigenvalue weighted by Crippen LogP contribution is -2.12. The summed E-state index contributed by atoms with van der Waals surface area (Å²) in [5, 5.41) is 2.76. The van der Waals surface area contributed by atoms with E-state index in [2.05, 4.69) is 10.3 Å². The summed E-state index contributed by atoms with van der Waals surface area (Å²) in [5.41, 5.74) is 1.33. The Morgan fingerprint density at radius 3 is 2.15 bits per heavy atom. The van der Waals surface area contributed by atoms with Gasteiger partial charge in [-0.15, -0.1) is 0 Å². The SMILES string of the molecule is COc1ccccc1Oc1ccc(NC(=O)c2ccc(C(C)=O)[nH]2)cc1. The molecule has 2 N–H and O–H groups in total. The molecule has 6 heteroatoms. The van der Waals surface area contributed by atoms with Crippen molar-refractivity contribution in [1.29, 1.82) is 0 Å². The number of nitrogens with one attached hydrogen (secondary N) is 2. The van der Waals surface area contributed by atoms with Gasteiger partial charge in [0.05, 0.1) is 12.8 Å². The first-order valence-electron chi connectivity index (χ1n) is 7.99. The second-order valence-corrected chi connectivity index (χ2v) is 5.57. The summed E-state index contributed by atoms with van der Waals surface area (Å²) in [6.07, 6.45) is 0. The number of H-pyrrole nitrogens is 1. The lowest BCUT2D eigenvalue weighted by atomic mass is 10.2. The maximum absolute atomic E-state index is 12.2. The molecule has 0 aliphatic rings. The lowest BCUT2D eigenvalue weighted by molar-refractivity contribution is 0.101. The highest BCUT2D eigenvalue weighted by molar-refractivity contribution is 6.04. The van der Waals surface area contributed by atoms with Crippen molar-refractivity contribution in [2.75, 3.05) is 12.4 Å². The van der Waals surface area contributed by atoms with Crippen LogP contribution in [0.15, 0.2) is 60.7 Å². The number of carbonyl (C=O) groups is 2. The highest BCUT2D eigenvalue weighted by Gasteiger charge is 2.11. The van der Waals surface area contributed by atoms with E-state index in [-0.39, 0.29) is 11.7 Å². The van der Waals surface area contributed by atoms with E-state index in [1.54, 1.807) is 43.5 Å². The molecule has 132 valence electrons. The Morgan fingerprint density at radius 2 is 1.54 bits per heavy atom. The van der Waals surface area contributed by atoms with E-state index in [0.29, 0.717) is 34.3 Å². The van der Waals surface area contributed by atoms with Crippen molar-refractivity contribution in [3.63, 3.8) is 0 Å². The molecule has 0 unspecified atom stereocenters. The summed E-state index contributed by atoms with van der Waals surface area (Å²) >= 11 is 0. The Labute approximate surface area is 150 Å². The normalized spacial score (nSPS) is 10.2. The number of anilines is 1. The first kappa shape index (κ1) is 17.3. The number of ether oxygens (including phenoxy) is 2. The highest BCUT2D eigenvalue weighted by Crippen LogP contribution is 2.31. The number of rotatable bonds is 6. The third-order valence-corrected chi connectivity index (χ3v) is 3.72. The monoisotopic (exact) mass is 350 g/mol. The summed E-state index contributed by atoms with van der Waals surface area (Å²) in [4.78, 5) is 26.3. The summed E-state index contributed by atoms with van der Waals surface area (Å²) in [5.74, 6) is 1.41. The largest absolute Gasteiger partial charge is 0.493 e. The van der Waals surface area contributed by atoms with E-state index in [4.69, 9.17) is 9.47 Å². The van der Waals surface area contributed by atoms with Gasteiger partial charge < -0.3 is 19.8 Å². The van der Waals surface area contributed by atoms with Crippen molar-refractivity contribution in [2.45, 2.75) is 6.92 Å². The summed E-state index contributed by atoms with van der Waals surface area (Å²) in [6, 6.07) is 17.5. The van der Waals surface area contributed by atoms with Gasteiger partial charge in [-0.2, -0.15) is 0 Å². The fourth-order valence-electron chi connectivity index (χ4n) is 2.37. The van der Waals surface area contributed by atoms with Gasteiger partial charge in [-0.25, -0.2) is 0 Å². The number of hydrogen-bond acceptors (Lipinski definition) is 4. The number of para-hydroxylation sites is 2. The number of aromatic amines is 1. The molecule has 2 aromatic carbocycles. The van der Waals surface area contributed by atoms with Gasteiger partial charge in [0.25, 0.3) is 5.91 Å².